The molecule has 0 aromatic heterocycles. The zero-order valence-corrected chi connectivity index (χ0v) is 20.3. The first kappa shape index (κ1) is 23.9. The molecule has 176 valence electrons. The van der Waals surface area contributed by atoms with E-state index in [-0.39, 0.29) is 12.5 Å². The fraction of sp³-hybridized carbons (Fsp3) is 0.286. The van der Waals surface area contributed by atoms with E-state index in [2.05, 4.69) is 24.3 Å². The molecule has 0 bridgehead atoms. The van der Waals surface area contributed by atoms with Crippen molar-refractivity contribution in [1.29, 1.82) is 0 Å². The molecule has 1 aliphatic carbocycles. The molecule has 0 unspecified atom stereocenters. The average Bonchev–Trinajstić information content (AvgIpc) is 3.20. The molecule has 0 radical (unpaired) electrons. The minimum atomic E-state index is -0.709. The van der Waals surface area contributed by atoms with Gasteiger partial charge in [0.25, 0.3) is 0 Å². The third-order valence-electron chi connectivity index (χ3n) is 6.15. The zero-order valence-electron chi connectivity index (χ0n) is 19.5. The summed E-state index contributed by atoms with van der Waals surface area (Å²) < 4.78 is 10.8. The van der Waals surface area contributed by atoms with E-state index in [1.165, 1.54) is 28.7 Å². The number of benzene rings is 3. The van der Waals surface area contributed by atoms with Gasteiger partial charge in [-0.25, -0.2) is 9.59 Å². The van der Waals surface area contributed by atoms with Crippen molar-refractivity contribution >= 4 is 23.8 Å². The first-order valence-corrected chi connectivity index (χ1v) is 12.6. The molecular formula is C28H29NO4S. The summed E-state index contributed by atoms with van der Waals surface area (Å²) in [5.41, 5.74) is 5.83. The molecule has 1 atom stereocenters. The van der Waals surface area contributed by atoms with Crippen molar-refractivity contribution in [3.63, 3.8) is 0 Å². The molecule has 0 aliphatic heterocycles. The molecule has 0 heterocycles. The lowest BCUT2D eigenvalue weighted by molar-refractivity contribution is -0.145. The monoisotopic (exact) mass is 475 g/mol. The number of thioether (sulfide) groups is 1. The number of hydrogen-bond donors (Lipinski definition) is 0. The van der Waals surface area contributed by atoms with Gasteiger partial charge in [0.1, 0.15) is 12.6 Å². The number of ether oxygens (including phenoxy) is 2. The summed E-state index contributed by atoms with van der Waals surface area (Å²) in [6, 6.07) is 25.8. The highest BCUT2D eigenvalue weighted by Crippen LogP contribution is 2.44. The minimum Gasteiger partial charge on any atom is -0.467 e. The largest absolute Gasteiger partial charge is 0.467 e. The van der Waals surface area contributed by atoms with Crippen LogP contribution in [0.1, 0.15) is 29.5 Å². The van der Waals surface area contributed by atoms with Gasteiger partial charge in [0, 0.05) is 24.0 Å². The molecule has 3 aromatic rings. The van der Waals surface area contributed by atoms with Crippen molar-refractivity contribution in [2.75, 3.05) is 26.0 Å². The Hall–Kier alpha value is -3.25. The highest BCUT2D eigenvalue weighted by atomic mass is 32.2. The summed E-state index contributed by atoms with van der Waals surface area (Å²) in [6.07, 6.45) is -0.500. The topological polar surface area (TPSA) is 55.8 Å². The summed E-state index contributed by atoms with van der Waals surface area (Å²) in [5.74, 6) is 0.714. The van der Waals surface area contributed by atoms with Gasteiger partial charge < -0.3 is 9.47 Å². The Bertz CT molecular complexity index is 1090. The molecule has 0 saturated carbocycles. The number of carbonyl (C=O) groups is 2. The number of esters is 1. The van der Waals surface area contributed by atoms with E-state index in [0.29, 0.717) is 12.3 Å². The average molecular weight is 476 g/mol. The molecule has 0 spiro atoms. The van der Waals surface area contributed by atoms with E-state index in [1.54, 1.807) is 11.8 Å². The van der Waals surface area contributed by atoms with Gasteiger partial charge in [0.2, 0.25) is 0 Å². The van der Waals surface area contributed by atoms with Gasteiger partial charge in [-0.15, -0.1) is 0 Å². The zero-order chi connectivity index (χ0) is 23.9. The molecule has 6 heteroatoms. The third-order valence-corrected chi connectivity index (χ3v) is 7.24. The second kappa shape index (κ2) is 11.3. The van der Waals surface area contributed by atoms with Crippen LogP contribution in [0.25, 0.3) is 11.1 Å². The lowest BCUT2D eigenvalue weighted by Gasteiger charge is -2.28. The molecule has 0 N–H and O–H groups in total. The van der Waals surface area contributed by atoms with E-state index in [4.69, 9.17) is 9.47 Å². The number of carbonyl (C=O) groups excluding carboxylic acids is 2. The van der Waals surface area contributed by atoms with Crippen LogP contribution in [-0.2, 0) is 20.0 Å². The van der Waals surface area contributed by atoms with Gasteiger partial charge >= 0.3 is 12.1 Å². The molecule has 3 aromatic carbocycles. The van der Waals surface area contributed by atoms with Crippen LogP contribution in [0, 0.1) is 0 Å². The summed E-state index contributed by atoms with van der Waals surface area (Å²) in [5, 5.41) is 0. The minimum absolute atomic E-state index is 0.0286. The number of methoxy groups -OCH3 is 1. The van der Waals surface area contributed by atoms with Crippen LogP contribution < -0.4 is 0 Å². The summed E-state index contributed by atoms with van der Waals surface area (Å²) >= 11 is 1.59. The maximum Gasteiger partial charge on any atom is 0.410 e. The Balaban J connectivity index is 1.44. The van der Waals surface area contributed by atoms with Crippen LogP contribution in [0.3, 0.4) is 0 Å². The fourth-order valence-corrected chi connectivity index (χ4v) is 5.52. The van der Waals surface area contributed by atoms with Crippen molar-refractivity contribution in [3.8, 4) is 11.1 Å². The predicted octanol–water partition coefficient (Wildman–Crippen LogP) is 5.73. The quantitative estimate of drug-likeness (QED) is 0.370. The molecule has 0 saturated heterocycles. The molecule has 1 amide bonds. The first-order chi connectivity index (χ1) is 16.6. The van der Waals surface area contributed by atoms with Crippen LogP contribution in [0.5, 0.6) is 0 Å². The standard InChI is InChI=1S/C28H29NO4S/c1-3-29(26(27(30)32-2)19-34-18-20-11-5-4-6-12-20)28(31)33-17-25-23-15-9-7-13-21(23)22-14-8-10-16-24(22)25/h4-16,25-26H,3,17-19H2,1-2H3/t26-/m0/s1. The Morgan fingerprint density at radius 1 is 0.912 bits per heavy atom. The summed E-state index contributed by atoms with van der Waals surface area (Å²) in [7, 11) is 1.35. The number of nitrogens with zero attached hydrogens (tertiary/aromatic N) is 1. The smallest absolute Gasteiger partial charge is 0.410 e. The normalized spacial score (nSPS) is 13.0. The van der Waals surface area contributed by atoms with Crippen molar-refractivity contribution in [2.45, 2.75) is 24.6 Å². The van der Waals surface area contributed by atoms with Crippen LogP contribution >= 0.6 is 11.8 Å². The summed E-state index contributed by atoms with van der Waals surface area (Å²) in [6.45, 7) is 2.41. The molecule has 1 aliphatic rings. The number of likely N-dealkylation sites (N-methyl/N-ethyl adjacent to an activating group) is 1. The second-order valence-electron chi connectivity index (χ2n) is 8.13. The number of fused-ring (bicyclic) bond motifs is 3. The molecule has 0 fully saturated rings. The lowest BCUT2D eigenvalue weighted by Crippen LogP contribution is -2.47. The third kappa shape index (κ3) is 5.12. The fourth-order valence-electron chi connectivity index (χ4n) is 4.44. The van der Waals surface area contributed by atoms with Gasteiger partial charge in [0.05, 0.1) is 7.11 Å². The van der Waals surface area contributed by atoms with Crippen molar-refractivity contribution in [1.82, 2.24) is 4.90 Å². The van der Waals surface area contributed by atoms with Gasteiger partial charge in [0.15, 0.2) is 0 Å². The van der Waals surface area contributed by atoms with E-state index in [9.17, 15) is 9.59 Å². The van der Waals surface area contributed by atoms with Crippen LogP contribution in [0.4, 0.5) is 4.79 Å². The van der Waals surface area contributed by atoms with Crippen LogP contribution in [0.2, 0.25) is 0 Å². The van der Waals surface area contributed by atoms with Gasteiger partial charge in [-0.1, -0.05) is 78.9 Å². The van der Waals surface area contributed by atoms with E-state index in [1.807, 2.05) is 61.5 Å². The maximum atomic E-state index is 13.1. The Kier molecular flexibility index (Phi) is 7.91. The van der Waals surface area contributed by atoms with Crippen LogP contribution in [0.15, 0.2) is 78.9 Å². The summed E-state index contributed by atoms with van der Waals surface area (Å²) in [4.78, 5) is 27.2. The Labute approximate surface area is 205 Å². The molecule has 34 heavy (non-hydrogen) atoms. The SMILES string of the molecule is CCN(C(=O)OCC1c2ccccc2-c2ccccc21)[C@@H](CSCc1ccccc1)C(=O)OC. The Morgan fingerprint density at radius 3 is 2.09 bits per heavy atom. The second-order valence-corrected chi connectivity index (χ2v) is 9.16. The highest BCUT2D eigenvalue weighted by molar-refractivity contribution is 7.98. The lowest BCUT2D eigenvalue weighted by atomic mass is 9.98. The van der Waals surface area contributed by atoms with Gasteiger partial charge in [-0.05, 0) is 34.7 Å². The van der Waals surface area contributed by atoms with Crippen molar-refractivity contribution < 1.29 is 19.1 Å². The first-order valence-electron chi connectivity index (χ1n) is 11.4. The molecule has 5 nitrogen and oxygen atoms in total. The highest BCUT2D eigenvalue weighted by Gasteiger charge is 2.33. The van der Waals surface area contributed by atoms with E-state index in [0.717, 1.165) is 16.9 Å². The molecular weight excluding hydrogens is 446 g/mol. The Morgan fingerprint density at radius 2 is 1.50 bits per heavy atom. The van der Waals surface area contributed by atoms with E-state index < -0.39 is 18.1 Å². The van der Waals surface area contributed by atoms with Gasteiger partial charge in [-0.2, -0.15) is 11.8 Å². The van der Waals surface area contributed by atoms with Crippen molar-refractivity contribution in [2.24, 2.45) is 0 Å². The number of rotatable bonds is 9. The molecule has 4 rings (SSSR count). The van der Waals surface area contributed by atoms with E-state index >= 15 is 0 Å². The number of hydrogen-bond acceptors (Lipinski definition) is 5. The maximum absolute atomic E-state index is 13.1. The predicted molar refractivity (Wildman–Crippen MR) is 136 cm³/mol. The van der Waals surface area contributed by atoms with Crippen molar-refractivity contribution in [3.05, 3.63) is 95.6 Å². The number of amides is 1. The van der Waals surface area contributed by atoms with Gasteiger partial charge in [-0.3, -0.25) is 4.90 Å². The van der Waals surface area contributed by atoms with Crippen LogP contribution in [-0.4, -0.2) is 49.0 Å².